The molecule has 0 bridgehead atoms. The van der Waals surface area contributed by atoms with Crippen molar-refractivity contribution < 1.29 is 14.1 Å². The summed E-state index contributed by atoms with van der Waals surface area (Å²) in [5.41, 5.74) is 6.45. The summed E-state index contributed by atoms with van der Waals surface area (Å²) in [7, 11) is 0. The summed E-state index contributed by atoms with van der Waals surface area (Å²) in [5.74, 6) is -0.545. The van der Waals surface area contributed by atoms with Crippen molar-refractivity contribution in [2.75, 3.05) is 0 Å². The normalized spacial score (nSPS) is 15.7. The molecular weight excluding hydrogens is 350 g/mol. The predicted octanol–water partition coefficient (Wildman–Crippen LogP) is 2.92. The molecule has 0 aliphatic carbocycles. The van der Waals surface area contributed by atoms with Gasteiger partial charge in [0.15, 0.2) is 0 Å². The van der Waals surface area contributed by atoms with Crippen LogP contribution < -0.4 is 16.1 Å². The van der Waals surface area contributed by atoms with Gasteiger partial charge in [0.25, 0.3) is 5.69 Å². The average molecular weight is 361 g/mol. The van der Waals surface area contributed by atoms with E-state index in [0.717, 1.165) is 0 Å². The Morgan fingerprint density at radius 3 is 2.70 bits per heavy atom. The van der Waals surface area contributed by atoms with Gasteiger partial charge in [0, 0.05) is 23.6 Å². The molecule has 0 saturated heterocycles. The van der Waals surface area contributed by atoms with Gasteiger partial charge in [-0.3, -0.25) is 10.1 Å². The molecular formula is C19H11N3O5. The first-order chi connectivity index (χ1) is 13.0. The van der Waals surface area contributed by atoms with Gasteiger partial charge >= 0.3 is 5.63 Å². The number of nitrogens with zero attached hydrogens (tertiary/aromatic N) is 2. The summed E-state index contributed by atoms with van der Waals surface area (Å²) < 4.78 is 10.9. The first kappa shape index (κ1) is 16.4. The van der Waals surface area contributed by atoms with Crippen LogP contribution in [0.3, 0.4) is 0 Å². The lowest BCUT2D eigenvalue weighted by Crippen LogP contribution is -2.21. The minimum atomic E-state index is -0.770. The van der Waals surface area contributed by atoms with E-state index in [9.17, 15) is 20.2 Å². The number of hydrogen-bond acceptors (Lipinski definition) is 7. The van der Waals surface area contributed by atoms with Gasteiger partial charge in [-0.25, -0.2) is 4.79 Å². The number of nitro benzene ring substituents is 1. The van der Waals surface area contributed by atoms with Crippen LogP contribution in [0.4, 0.5) is 5.69 Å². The number of nitro groups is 1. The Morgan fingerprint density at radius 2 is 1.96 bits per heavy atom. The minimum Gasteiger partial charge on any atom is -0.440 e. The standard InChI is InChI=1S/C19H11N3O5/c20-9-13-16(11-2-1-3-12(8-11)22(24)25)17-14(26-19(13)21)6-4-10-5-7-15(23)27-18(10)17/h1-8,16H,21H2. The molecule has 27 heavy (non-hydrogen) atoms. The first-order valence-corrected chi connectivity index (χ1v) is 7.88. The van der Waals surface area contributed by atoms with Crippen LogP contribution in [0.5, 0.6) is 5.75 Å². The SMILES string of the molecule is N#CC1=C(N)Oc2ccc3ccc(=O)oc3c2C1c1cccc([N+](=O)[O-])c1. The molecule has 2 heterocycles. The maximum absolute atomic E-state index is 11.8. The zero-order valence-corrected chi connectivity index (χ0v) is 13.7. The monoisotopic (exact) mass is 361 g/mol. The smallest absolute Gasteiger partial charge is 0.336 e. The Hall–Kier alpha value is -4.12. The minimum absolute atomic E-state index is 0.0852. The number of fused-ring (bicyclic) bond motifs is 3. The van der Waals surface area contributed by atoms with Crippen molar-refractivity contribution in [1.82, 2.24) is 0 Å². The Kier molecular flexibility index (Phi) is 3.63. The van der Waals surface area contributed by atoms with Crippen LogP contribution in [-0.2, 0) is 0 Å². The largest absolute Gasteiger partial charge is 0.440 e. The van der Waals surface area contributed by atoms with Gasteiger partial charge in [-0.1, -0.05) is 12.1 Å². The zero-order chi connectivity index (χ0) is 19.1. The summed E-state index contributed by atoms with van der Waals surface area (Å²) >= 11 is 0. The maximum atomic E-state index is 11.8. The van der Waals surface area contributed by atoms with E-state index in [-0.39, 0.29) is 22.7 Å². The third kappa shape index (κ3) is 2.58. The van der Waals surface area contributed by atoms with Crippen LogP contribution in [0, 0.1) is 21.4 Å². The molecule has 0 fully saturated rings. The predicted molar refractivity (Wildman–Crippen MR) is 94.9 cm³/mol. The van der Waals surface area contributed by atoms with Crippen molar-refractivity contribution in [2.24, 2.45) is 5.73 Å². The van der Waals surface area contributed by atoms with Crippen LogP contribution in [0.1, 0.15) is 17.0 Å². The lowest BCUT2D eigenvalue weighted by Gasteiger charge is -2.26. The molecule has 8 nitrogen and oxygen atoms in total. The molecule has 2 aromatic carbocycles. The Labute approximate surface area is 151 Å². The van der Waals surface area contributed by atoms with Gasteiger partial charge in [-0.2, -0.15) is 5.26 Å². The number of allylic oxidation sites excluding steroid dienone is 1. The molecule has 0 spiro atoms. The van der Waals surface area contributed by atoms with Gasteiger partial charge in [0.1, 0.15) is 23.0 Å². The second-order valence-corrected chi connectivity index (χ2v) is 5.93. The summed E-state index contributed by atoms with van der Waals surface area (Å²) in [5, 5.41) is 21.4. The number of benzene rings is 2. The van der Waals surface area contributed by atoms with E-state index in [1.54, 1.807) is 24.3 Å². The Morgan fingerprint density at radius 1 is 1.19 bits per heavy atom. The van der Waals surface area contributed by atoms with Crippen LogP contribution >= 0.6 is 0 Å². The highest BCUT2D eigenvalue weighted by molar-refractivity contribution is 5.85. The zero-order valence-electron chi connectivity index (χ0n) is 13.7. The lowest BCUT2D eigenvalue weighted by molar-refractivity contribution is -0.384. The third-order valence-electron chi connectivity index (χ3n) is 4.39. The molecule has 1 atom stereocenters. The van der Waals surface area contributed by atoms with E-state index < -0.39 is 16.5 Å². The molecule has 1 aliphatic rings. The number of rotatable bonds is 2. The van der Waals surface area contributed by atoms with Crippen molar-refractivity contribution in [3.05, 3.63) is 91.6 Å². The van der Waals surface area contributed by atoms with Crippen molar-refractivity contribution in [3.63, 3.8) is 0 Å². The Bertz CT molecular complexity index is 1240. The topological polar surface area (TPSA) is 132 Å². The molecule has 2 N–H and O–H groups in total. The summed E-state index contributed by atoms with van der Waals surface area (Å²) in [6, 6.07) is 14.1. The van der Waals surface area contributed by atoms with Crippen LogP contribution in [0.2, 0.25) is 0 Å². The number of nitriles is 1. The second kappa shape index (κ2) is 6.00. The summed E-state index contributed by atoms with van der Waals surface area (Å²) in [6.45, 7) is 0. The molecule has 1 aromatic heterocycles. The van der Waals surface area contributed by atoms with E-state index in [1.165, 1.54) is 24.3 Å². The van der Waals surface area contributed by atoms with Crippen LogP contribution in [0.15, 0.2) is 69.2 Å². The first-order valence-electron chi connectivity index (χ1n) is 7.88. The molecule has 0 saturated carbocycles. The average Bonchev–Trinajstić information content (AvgIpc) is 2.66. The van der Waals surface area contributed by atoms with Crippen molar-refractivity contribution >= 4 is 16.7 Å². The van der Waals surface area contributed by atoms with Gasteiger partial charge in [0.05, 0.1) is 16.4 Å². The van der Waals surface area contributed by atoms with Crippen molar-refractivity contribution in [1.29, 1.82) is 5.26 Å². The Balaban J connectivity index is 2.07. The molecule has 3 aromatic rings. The van der Waals surface area contributed by atoms with E-state index >= 15 is 0 Å². The molecule has 0 radical (unpaired) electrons. The molecule has 1 unspecified atom stereocenters. The molecule has 1 aliphatic heterocycles. The summed E-state index contributed by atoms with van der Waals surface area (Å²) in [4.78, 5) is 22.4. The molecule has 4 rings (SSSR count). The van der Waals surface area contributed by atoms with Crippen molar-refractivity contribution in [3.8, 4) is 11.8 Å². The highest BCUT2D eigenvalue weighted by atomic mass is 16.6. The van der Waals surface area contributed by atoms with E-state index in [2.05, 4.69) is 0 Å². The van der Waals surface area contributed by atoms with E-state index in [0.29, 0.717) is 22.3 Å². The summed E-state index contributed by atoms with van der Waals surface area (Å²) in [6.07, 6.45) is 0. The quantitative estimate of drug-likeness (QED) is 0.421. The second-order valence-electron chi connectivity index (χ2n) is 5.93. The van der Waals surface area contributed by atoms with Gasteiger partial charge < -0.3 is 14.9 Å². The van der Waals surface area contributed by atoms with Gasteiger partial charge in [-0.05, 0) is 23.8 Å². The number of hydrogen-bond donors (Lipinski definition) is 1. The van der Waals surface area contributed by atoms with E-state index in [1.807, 2.05) is 6.07 Å². The number of nitrogens with two attached hydrogens (primary N) is 1. The fourth-order valence-corrected chi connectivity index (χ4v) is 3.23. The third-order valence-corrected chi connectivity index (χ3v) is 4.39. The molecule has 0 amide bonds. The number of non-ortho nitro benzene ring substituents is 1. The molecule has 8 heteroatoms. The fourth-order valence-electron chi connectivity index (χ4n) is 3.23. The van der Waals surface area contributed by atoms with Crippen LogP contribution in [0.25, 0.3) is 11.0 Å². The van der Waals surface area contributed by atoms with Crippen LogP contribution in [-0.4, -0.2) is 4.92 Å². The van der Waals surface area contributed by atoms with Gasteiger partial charge in [0.2, 0.25) is 5.88 Å². The lowest BCUT2D eigenvalue weighted by atomic mass is 9.82. The maximum Gasteiger partial charge on any atom is 0.336 e. The van der Waals surface area contributed by atoms with E-state index in [4.69, 9.17) is 14.9 Å². The highest BCUT2D eigenvalue weighted by Gasteiger charge is 2.34. The van der Waals surface area contributed by atoms with Crippen molar-refractivity contribution in [2.45, 2.75) is 5.92 Å². The highest BCUT2D eigenvalue weighted by Crippen LogP contribution is 2.45. The fraction of sp³-hybridized carbons (Fsp3) is 0.0526. The number of ether oxygens (including phenoxy) is 1. The van der Waals surface area contributed by atoms with Gasteiger partial charge in [-0.15, -0.1) is 0 Å². The molecule has 132 valence electrons.